The van der Waals surface area contributed by atoms with E-state index in [1.165, 1.54) is 7.11 Å². The lowest BCUT2D eigenvalue weighted by molar-refractivity contribution is 0.0601. The Kier molecular flexibility index (Phi) is 5.96. The molecule has 2 aromatic rings. The van der Waals surface area contributed by atoms with Gasteiger partial charge in [-0.15, -0.1) is 6.58 Å². The predicted octanol–water partition coefficient (Wildman–Crippen LogP) is 3.32. The first-order valence-corrected chi connectivity index (χ1v) is 8.15. The summed E-state index contributed by atoms with van der Waals surface area (Å²) >= 11 is 0. The van der Waals surface area contributed by atoms with E-state index < -0.39 is 5.97 Å². The van der Waals surface area contributed by atoms with Gasteiger partial charge in [0.15, 0.2) is 5.69 Å². The molecule has 1 aromatic carbocycles. The molecule has 0 radical (unpaired) electrons. The van der Waals surface area contributed by atoms with Crippen LogP contribution in [0.25, 0.3) is 11.3 Å². The Hall–Kier alpha value is -3.07. The van der Waals surface area contributed by atoms with Crippen molar-refractivity contribution in [3.8, 4) is 17.3 Å². The minimum Gasteiger partial charge on any atom is -0.465 e. The fourth-order valence-corrected chi connectivity index (χ4v) is 2.72. The van der Waals surface area contributed by atoms with Crippen LogP contribution in [0.4, 0.5) is 5.69 Å². The zero-order valence-corrected chi connectivity index (χ0v) is 14.6. The Morgan fingerprint density at radius 1 is 1.52 bits per heavy atom. The van der Waals surface area contributed by atoms with Gasteiger partial charge in [-0.3, -0.25) is 0 Å². The van der Waals surface area contributed by atoms with Crippen LogP contribution in [-0.4, -0.2) is 22.6 Å². The third kappa shape index (κ3) is 3.72. The molecule has 0 saturated heterocycles. The molecule has 25 heavy (non-hydrogen) atoms. The molecule has 0 unspecified atom stereocenters. The number of esters is 1. The number of carbonyl (C=O) groups excluding carboxylic acids is 1. The number of nitriles is 1. The fraction of sp³-hybridized carbons (Fsp3) is 0.316. The van der Waals surface area contributed by atoms with Crippen LogP contribution in [0.15, 0.2) is 30.9 Å². The summed E-state index contributed by atoms with van der Waals surface area (Å²) in [6.07, 6.45) is 4.56. The van der Waals surface area contributed by atoms with Crippen LogP contribution in [-0.2, 0) is 17.7 Å². The number of rotatable bonds is 7. The monoisotopic (exact) mass is 338 g/mol. The summed E-state index contributed by atoms with van der Waals surface area (Å²) in [4.78, 5) is 16.2. The molecule has 1 heterocycles. The van der Waals surface area contributed by atoms with Crippen LogP contribution in [0.1, 0.15) is 41.6 Å². The molecule has 0 aliphatic rings. The van der Waals surface area contributed by atoms with Gasteiger partial charge in [-0.25, -0.2) is 9.78 Å². The third-order valence-corrected chi connectivity index (χ3v) is 3.95. The summed E-state index contributed by atoms with van der Waals surface area (Å²) in [5.41, 5.74) is 8.57. The largest absolute Gasteiger partial charge is 0.465 e. The molecule has 0 aliphatic carbocycles. The van der Waals surface area contributed by atoms with Crippen LogP contribution in [0, 0.1) is 11.3 Å². The first-order valence-electron chi connectivity index (χ1n) is 8.15. The Morgan fingerprint density at radius 2 is 2.28 bits per heavy atom. The molecule has 0 saturated carbocycles. The standard InChI is InChI=1S/C19H22N4O2/c1-4-6-7-17-22-16(12-20)18(23(17)10-5-2)14-9-8-13(11-15(14)21)19(24)25-3/h5,8-9,11H,2,4,6-7,10,21H2,1,3H3. The normalized spacial score (nSPS) is 10.3. The van der Waals surface area contributed by atoms with Crippen molar-refractivity contribution >= 4 is 11.7 Å². The molecule has 0 spiro atoms. The van der Waals surface area contributed by atoms with Gasteiger partial charge in [0.2, 0.25) is 0 Å². The first kappa shape index (κ1) is 18.3. The highest BCUT2D eigenvalue weighted by atomic mass is 16.5. The quantitative estimate of drug-likeness (QED) is 0.475. The number of methoxy groups -OCH3 is 1. The minimum atomic E-state index is -0.456. The van der Waals surface area contributed by atoms with E-state index >= 15 is 0 Å². The van der Waals surface area contributed by atoms with E-state index in [-0.39, 0.29) is 0 Å². The van der Waals surface area contributed by atoms with E-state index in [9.17, 15) is 10.1 Å². The number of nitrogen functional groups attached to an aromatic ring is 1. The van der Waals surface area contributed by atoms with Crippen molar-refractivity contribution in [3.63, 3.8) is 0 Å². The average molecular weight is 338 g/mol. The number of carbonyl (C=O) groups is 1. The highest BCUT2D eigenvalue weighted by molar-refractivity contribution is 5.92. The summed E-state index contributed by atoms with van der Waals surface area (Å²) in [6.45, 7) is 6.43. The van der Waals surface area contributed by atoms with Gasteiger partial charge >= 0.3 is 5.97 Å². The summed E-state index contributed by atoms with van der Waals surface area (Å²) in [6, 6.07) is 7.07. The highest BCUT2D eigenvalue weighted by Gasteiger charge is 2.20. The van der Waals surface area contributed by atoms with Crippen LogP contribution in [0.2, 0.25) is 0 Å². The summed E-state index contributed by atoms with van der Waals surface area (Å²) in [5, 5.41) is 9.52. The van der Waals surface area contributed by atoms with Gasteiger partial charge in [-0.05, 0) is 24.6 Å². The highest BCUT2D eigenvalue weighted by Crippen LogP contribution is 2.31. The maximum atomic E-state index is 11.7. The summed E-state index contributed by atoms with van der Waals surface area (Å²) < 4.78 is 6.68. The van der Waals surface area contributed by atoms with E-state index in [1.54, 1.807) is 24.3 Å². The number of nitrogens with zero attached hydrogens (tertiary/aromatic N) is 3. The molecule has 0 amide bonds. The number of unbranched alkanes of at least 4 members (excludes halogenated alkanes) is 1. The number of benzene rings is 1. The van der Waals surface area contributed by atoms with Crippen molar-refractivity contribution in [3.05, 3.63) is 47.9 Å². The lowest BCUT2D eigenvalue weighted by Gasteiger charge is -2.12. The number of anilines is 1. The van der Waals surface area contributed by atoms with E-state index in [4.69, 9.17) is 10.5 Å². The number of ether oxygens (including phenoxy) is 1. The molecule has 0 bridgehead atoms. The van der Waals surface area contributed by atoms with Crippen molar-refractivity contribution in [2.45, 2.75) is 32.7 Å². The second kappa shape index (κ2) is 8.15. The number of aryl methyl sites for hydroxylation is 1. The SMILES string of the molecule is C=CCn1c(CCCC)nc(C#N)c1-c1ccc(C(=O)OC)cc1N. The maximum Gasteiger partial charge on any atom is 0.337 e. The van der Waals surface area contributed by atoms with E-state index in [0.717, 1.165) is 25.1 Å². The van der Waals surface area contributed by atoms with Gasteiger partial charge < -0.3 is 15.0 Å². The second-order valence-electron chi connectivity index (χ2n) is 5.63. The Bertz CT molecular complexity index is 831. The van der Waals surface area contributed by atoms with Crippen LogP contribution < -0.4 is 5.73 Å². The molecule has 0 fully saturated rings. The minimum absolute atomic E-state index is 0.325. The van der Waals surface area contributed by atoms with E-state index in [1.807, 2.05) is 4.57 Å². The topological polar surface area (TPSA) is 93.9 Å². The van der Waals surface area contributed by atoms with Crippen LogP contribution >= 0.6 is 0 Å². The number of allylic oxidation sites excluding steroid dienone is 1. The number of hydrogen-bond donors (Lipinski definition) is 1. The zero-order valence-electron chi connectivity index (χ0n) is 14.6. The molecule has 6 nitrogen and oxygen atoms in total. The maximum absolute atomic E-state index is 11.7. The molecule has 6 heteroatoms. The lowest BCUT2D eigenvalue weighted by atomic mass is 10.0. The Morgan fingerprint density at radius 3 is 2.84 bits per heavy atom. The smallest absolute Gasteiger partial charge is 0.337 e. The van der Waals surface area contributed by atoms with Crippen LogP contribution in [0.3, 0.4) is 0 Å². The molecule has 130 valence electrons. The van der Waals surface area contributed by atoms with Gasteiger partial charge in [-0.2, -0.15) is 5.26 Å². The van der Waals surface area contributed by atoms with Gasteiger partial charge in [-0.1, -0.05) is 19.4 Å². The summed E-state index contributed by atoms with van der Waals surface area (Å²) in [5.74, 6) is 0.381. The number of hydrogen-bond acceptors (Lipinski definition) is 5. The molecule has 2 N–H and O–H groups in total. The van der Waals surface area contributed by atoms with Crippen molar-refractivity contribution in [2.75, 3.05) is 12.8 Å². The van der Waals surface area contributed by atoms with Crippen LogP contribution in [0.5, 0.6) is 0 Å². The van der Waals surface area contributed by atoms with Crippen molar-refractivity contribution < 1.29 is 9.53 Å². The lowest BCUT2D eigenvalue weighted by Crippen LogP contribution is -2.07. The van der Waals surface area contributed by atoms with Gasteiger partial charge in [0.1, 0.15) is 11.9 Å². The third-order valence-electron chi connectivity index (χ3n) is 3.95. The fourth-order valence-electron chi connectivity index (χ4n) is 2.72. The molecule has 0 atom stereocenters. The van der Waals surface area contributed by atoms with Crippen molar-refractivity contribution in [1.29, 1.82) is 5.26 Å². The average Bonchev–Trinajstić information content (AvgIpc) is 2.97. The number of aromatic nitrogens is 2. The second-order valence-corrected chi connectivity index (χ2v) is 5.63. The predicted molar refractivity (Wildman–Crippen MR) is 96.9 cm³/mol. The molecular formula is C19H22N4O2. The Balaban J connectivity index is 2.61. The van der Waals surface area contributed by atoms with E-state index in [0.29, 0.717) is 34.7 Å². The Labute approximate surface area is 147 Å². The molecule has 1 aromatic heterocycles. The van der Waals surface area contributed by atoms with Crippen molar-refractivity contribution in [1.82, 2.24) is 9.55 Å². The summed E-state index contributed by atoms with van der Waals surface area (Å²) in [7, 11) is 1.32. The van der Waals surface area contributed by atoms with Gasteiger partial charge in [0, 0.05) is 24.2 Å². The molecule has 0 aliphatic heterocycles. The zero-order chi connectivity index (χ0) is 18.4. The van der Waals surface area contributed by atoms with Gasteiger partial charge in [0.25, 0.3) is 0 Å². The van der Waals surface area contributed by atoms with Gasteiger partial charge in [0.05, 0.1) is 18.4 Å². The molecular weight excluding hydrogens is 316 g/mol. The number of nitrogens with two attached hydrogens (primary N) is 1. The number of imidazole rings is 1. The molecule has 2 rings (SSSR count). The van der Waals surface area contributed by atoms with Crippen molar-refractivity contribution in [2.24, 2.45) is 0 Å². The first-order chi connectivity index (χ1) is 12.1. The van der Waals surface area contributed by atoms with E-state index in [2.05, 4.69) is 24.6 Å².